The quantitative estimate of drug-likeness (QED) is 0.342. The minimum absolute atomic E-state index is 0.00445. The van der Waals surface area contributed by atoms with Crippen LogP contribution in [0.25, 0.3) is 0 Å². The third-order valence-corrected chi connectivity index (χ3v) is 4.50. The number of esters is 1. The summed E-state index contributed by atoms with van der Waals surface area (Å²) in [6, 6.07) is 12.8. The van der Waals surface area contributed by atoms with Crippen molar-refractivity contribution in [2.24, 2.45) is 5.10 Å². The fourth-order valence-electron chi connectivity index (χ4n) is 2.41. The van der Waals surface area contributed by atoms with Crippen LogP contribution >= 0.6 is 23.2 Å². The molecule has 29 heavy (non-hydrogen) atoms. The summed E-state index contributed by atoms with van der Waals surface area (Å²) in [6.07, 6.45) is 0.00445. The molecule has 0 unspecified atom stereocenters. The number of ketones is 1. The molecule has 0 fully saturated rings. The molecule has 2 aromatic rings. The first-order chi connectivity index (χ1) is 13.9. The Labute approximate surface area is 179 Å². The highest BCUT2D eigenvalue weighted by atomic mass is 35.5. The summed E-state index contributed by atoms with van der Waals surface area (Å²) in [7, 11) is 0. The molecule has 154 valence electrons. The van der Waals surface area contributed by atoms with E-state index >= 15 is 0 Å². The molecule has 2 rings (SSSR count). The van der Waals surface area contributed by atoms with E-state index in [9.17, 15) is 9.59 Å². The fraction of sp³-hybridized carbons (Fsp3) is 0.286. The zero-order valence-corrected chi connectivity index (χ0v) is 17.7. The van der Waals surface area contributed by atoms with Crippen LogP contribution in [0.4, 0.5) is 0 Å². The SMILES string of the molecule is CCOC(=O)/C(C)=N\NCC(=O)Cc1c(Cl)ccc(Cl)c1OCc1ccccc1. The van der Waals surface area contributed by atoms with E-state index in [0.29, 0.717) is 28.0 Å². The molecule has 1 N–H and O–H groups in total. The van der Waals surface area contributed by atoms with Crippen molar-refractivity contribution in [3.05, 3.63) is 63.6 Å². The Kier molecular flexibility index (Phi) is 8.96. The van der Waals surface area contributed by atoms with Gasteiger partial charge < -0.3 is 14.9 Å². The number of hydrogen-bond donors (Lipinski definition) is 1. The van der Waals surface area contributed by atoms with Gasteiger partial charge in [-0.15, -0.1) is 0 Å². The maximum absolute atomic E-state index is 12.4. The summed E-state index contributed by atoms with van der Waals surface area (Å²) in [4.78, 5) is 23.9. The molecule has 0 radical (unpaired) electrons. The molecule has 6 nitrogen and oxygen atoms in total. The third-order valence-electron chi connectivity index (χ3n) is 3.85. The van der Waals surface area contributed by atoms with Crippen molar-refractivity contribution in [2.75, 3.05) is 13.2 Å². The molecule has 0 amide bonds. The Hall–Kier alpha value is -2.57. The van der Waals surface area contributed by atoms with E-state index in [2.05, 4.69) is 10.5 Å². The van der Waals surface area contributed by atoms with Gasteiger partial charge in [0, 0.05) is 17.0 Å². The molecular formula is C21H22Cl2N2O4. The first-order valence-corrected chi connectivity index (χ1v) is 9.77. The van der Waals surface area contributed by atoms with E-state index in [1.54, 1.807) is 19.1 Å². The minimum Gasteiger partial charge on any atom is -0.487 e. The Morgan fingerprint density at radius 1 is 1.07 bits per heavy atom. The van der Waals surface area contributed by atoms with Crippen molar-refractivity contribution in [1.29, 1.82) is 0 Å². The summed E-state index contributed by atoms with van der Waals surface area (Å²) in [5, 5.41) is 4.60. The first kappa shape index (κ1) is 22.7. The van der Waals surface area contributed by atoms with Gasteiger partial charge in [-0.1, -0.05) is 53.5 Å². The molecule has 0 atom stereocenters. The number of benzene rings is 2. The van der Waals surface area contributed by atoms with Gasteiger partial charge in [0.15, 0.2) is 5.78 Å². The maximum Gasteiger partial charge on any atom is 0.354 e. The van der Waals surface area contributed by atoms with Crippen LogP contribution in [0.2, 0.25) is 10.0 Å². The average molecular weight is 437 g/mol. The van der Waals surface area contributed by atoms with Gasteiger partial charge in [0.1, 0.15) is 18.1 Å². The topological polar surface area (TPSA) is 77.0 Å². The maximum atomic E-state index is 12.4. The predicted octanol–water partition coefficient (Wildman–Crippen LogP) is 4.21. The van der Waals surface area contributed by atoms with Crippen LogP contribution in [0.3, 0.4) is 0 Å². The number of nitrogens with zero attached hydrogens (tertiary/aromatic N) is 1. The number of hydrazone groups is 1. The van der Waals surface area contributed by atoms with Crippen molar-refractivity contribution in [3.8, 4) is 5.75 Å². The van der Waals surface area contributed by atoms with Crippen molar-refractivity contribution in [3.63, 3.8) is 0 Å². The molecule has 0 heterocycles. The summed E-state index contributed by atoms with van der Waals surface area (Å²) >= 11 is 12.6. The standard InChI is InChI=1S/C21H22Cl2N2O4/c1-3-28-21(27)14(2)25-24-12-16(26)11-17-18(22)9-10-19(23)20(17)29-13-15-7-5-4-6-8-15/h4-10,24H,3,11-13H2,1-2H3/b25-14-. The van der Waals surface area contributed by atoms with Crippen molar-refractivity contribution >= 4 is 40.7 Å². The number of hydrogen-bond acceptors (Lipinski definition) is 6. The number of halogens is 2. The molecular weight excluding hydrogens is 415 g/mol. The number of carbonyl (C=O) groups excluding carboxylic acids is 2. The van der Waals surface area contributed by atoms with E-state index < -0.39 is 5.97 Å². The lowest BCUT2D eigenvalue weighted by Gasteiger charge is -2.14. The summed E-state index contributed by atoms with van der Waals surface area (Å²) in [5.41, 5.74) is 4.18. The van der Waals surface area contributed by atoms with Crippen LogP contribution in [-0.4, -0.2) is 30.6 Å². The first-order valence-electron chi connectivity index (χ1n) is 9.02. The molecule has 0 saturated carbocycles. The highest BCUT2D eigenvalue weighted by molar-refractivity contribution is 6.35. The number of carbonyl (C=O) groups is 2. The molecule has 0 aliphatic rings. The summed E-state index contributed by atoms with van der Waals surface area (Å²) in [5.74, 6) is -0.358. The highest BCUT2D eigenvalue weighted by Gasteiger charge is 2.17. The second kappa shape index (κ2) is 11.4. The molecule has 0 saturated heterocycles. The van der Waals surface area contributed by atoms with Gasteiger partial charge >= 0.3 is 5.97 Å². The van der Waals surface area contributed by atoms with E-state index in [4.69, 9.17) is 32.7 Å². The zero-order chi connectivity index (χ0) is 21.2. The van der Waals surface area contributed by atoms with Gasteiger partial charge in [0.05, 0.1) is 18.2 Å². The third kappa shape index (κ3) is 7.07. The Morgan fingerprint density at radius 3 is 2.45 bits per heavy atom. The van der Waals surface area contributed by atoms with Gasteiger partial charge in [-0.2, -0.15) is 5.10 Å². The zero-order valence-electron chi connectivity index (χ0n) is 16.2. The molecule has 0 aliphatic carbocycles. The van der Waals surface area contributed by atoms with E-state index in [1.807, 2.05) is 30.3 Å². The average Bonchev–Trinajstić information content (AvgIpc) is 2.71. The lowest BCUT2D eigenvalue weighted by atomic mass is 10.1. The van der Waals surface area contributed by atoms with Gasteiger partial charge in [-0.3, -0.25) is 4.79 Å². The molecule has 0 bridgehead atoms. The molecule has 0 aliphatic heterocycles. The van der Waals surface area contributed by atoms with Gasteiger partial charge in [0.25, 0.3) is 0 Å². The summed E-state index contributed by atoms with van der Waals surface area (Å²) < 4.78 is 10.7. The van der Waals surface area contributed by atoms with Crippen molar-refractivity contribution in [2.45, 2.75) is 26.9 Å². The van der Waals surface area contributed by atoms with Crippen LogP contribution < -0.4 is 10.2 Å². The van der Waals surface area contributed by atoms with Crippen LogP contribution in [0, 0.1) is 0 Å². The normalized spacial score (nSPS) is 11.1. The van der Waals surface area contributed by atoms with E-state index in [-0.39, 0.29) is 31.1 Å². The number of Topliss-reactive ketones (excluding diaryl/α,β-unsaturated/α-hetero) is 1. The number of nitrogens with one attached hydrogen (secondary N) is 1. The molecule has 2 aromatic carbocycles. The lowest BCUT2D eigenvalue weighted by Crippen LogP contribution is -2.24. The highest BCUT2D eigenvalue weighted by Crippen LogP contribution is 2.35. The van der Waals surface area contributed by atoms with Crippen LogP contribution in [-0.2, 0) is 27.4 Å². The van der Waals surface area contributed by atoms with Crippen molar-refractivity contribution in [1.82, 2.24) is 5.43 Å². The Morgan fingerprint density at radius 2 is 1.76 bits per heavy atom. The molecule has 0 spiro atoms. The van der Waals surface area contributed by atoms with Crippen LogP contribution in [0.15, 0.2) is 47.6 Å². The Bertz CT molecular complexity index is 886. The Balaban J connectivity index is 2.03. The molecule has 8 heteroatoms. The predicted molar refractivity (Wildman–Crippen MR) is 114 cm³/mol. The number of rotatable bonds is 10. The second-order valence-electron chi connectivity index (χ2n) is 6.08. The van der Waals surface area contributed by atoms with Crippen LogP contribution in [0.1, 0.15) is 25.0 Å². The monoisotopic (exact) mass is 436 g/mol. The summed E-state index contributed by atoms with van der Waals surface area (Å²) in [6.45, 7) is 3.66. The van der Waals surface area contributed by atoms with E-state index in [0.717, 1.165) is 5.56 Å². The van der Waals surface area contributed by atoms with Crippen molar-refractivity contribution < 1.29 is 19.1 Å². The van der Waals surface area contributed by atoms with E-state index in [1.165, 1.54) is 6.92 Å². The minimum atomic E-state index is -0.540. The second-order valence-corrected chi connectivity index (χ2v) is 6.89. The van der Waals surface area contributed by atoms with Gasteiger partial charge in [-0.05, 0) is 31.5 Å². The van der Waals surface area contributed by atoms with Gasteiger partial charge in [0.2, 0.25) is 0 Å². The smallest absolute Gasteiger partial charge is 0.354 e. The molecule has 0 aromatic heterocycles. The fourth-order valence-corrected chi connectivity index (χ4v) is 2.86. The largest absolute Gasteiger partial charge is 0.487 e. The number of ether oxygens (including phenoxy) is 2. The van der Waals surface area contributed by atoms with Gasteiger partial charge in [-0.25, -0.2) is 4.79 Å². The lowest BCUT2D eigenvalue weighted by molar-refractivity contribution is -0.135. The van der Waals surface area contributed by atoms with Crippen LogP contribution in [0.5, 0.6) is 5.75 Å².